The van der Waals surface area contributed by atoms with Crippen molar-refractivity contribution >= 4 is 46.3 Å². The summed E-state index contributed by atoms with van der Waals surface area (Å²) in [5, 5.41) is 29.9. The predicted molar refractivity (Wildman–Crippen MR) is 104 cm³/mol. The smallest absolute Gasteiger partial charge is 0.339 e. The van der Waals surface area contributed by atoms with E-state index in [-0.39, 0.29) is 22.8 Å². The van der Waals surface area contributed by atoms with Crippen LogP contribution in [0.4, 0.5) is 11.4 Å². The third-order valence-electron chi connectivity index (χ3n) is 3.82. The number of thioether (sulfide) groups is 1. The van der Waals surface area contributed by atoms with Crippen LogP contribution in [0.5, 0.6) is 5.75 Å². The molecule has 1 heterocycles. The Labute approximate surface area is 162 Å². The van der Waals surface area contributed by atoms with Gasteiger partial charge in [-0.1, -0.05) is 12.1 Å². The van der Waals surface area contributed by atoms with E-state index < -0.39 is 16.6 Å². The molecule has 1 amide bonds. The highest BCUT2D eigenvalue weighted by Gasteiger charge is 2.30. The van der Waals surface area contributed by atoms with E-state index in [4.69, 9.17) is 5.11 Å². The van der Waals surface area contributed by atoms with E-state index in [1.54, 1.807) is 6.07 Å². The topological polar surface area (TPSA) is 133 Å². The molecule has 0 saturated carbocycles. The van der Waals surface area contributed by atoms with Gasteiger partial charge in [-0.3, -0.25) is 19.8 Å². The second-order valence-electron chi connectivity index (χ2n) is 5.73. The van der Waals surface area contributed by atoms with Gasteiger partial charge in [0.2, 0.25) is 0 Å². The summed E-state index contributed by atoms with van der Waals surface area (Å²) in [5.74, 6) is -2.03. The number of nitrogens with zero attached hydrogens (tertiary/aromatic N) is 3. The number of rotatable bonds is 4. The van der Waals surface area contributed by atoms with Crippen molar-refractivity contribution in [2.45, 2.75) is 0 Å². The third-order valence-corrected chi connectivity index (χ3v) is 4.88. The van der Waals surface area contributed by atoms with E-state index in [0.29, 0.717) is 15.6 Å². The van der Waals surface area contributed by atoms with Gasteiger partial charge in [-0.05, 0) is 35.5 Å². The number of nitro groups is 1. The molecule has 0 unspecified atom stereocenters. The Bertz CT molecular complexity index is 1060. The summed E-state index contributed by atoms with van der Waals surface area (Å²) < 4.78 is 0. The van der Waals surface area contributed by atoms with E-state index >= 15 is 0 Å². The van der Waals surface area contributed by atoms with Crippen molar-refractivity contribution in [2.24, 2.45) is 4.99 Å². The molecule has 1 fully saturated rings. The number of aromatic hydroxyl groups is 1. The van der Waals surface area contributed by atoms with Gasteiger partial charge < -0.3 is 10.2 Å². The van der Waals surface area contributed by atoms with E-state index in [9.17, 15) is 24.8 Å². The summed E-state index contributed by atoms with van der Waals surface area (Å²) in [6.07, 6.45) is 1.53. The fraction of sp³-hybridized carbons (Fsp3) is 0.0556. The second kappa shape index (κ2) is 7.53. The van der Waals surface area contributed by atoms with Crippen molar-refractivity contribution in [1.29, 1.82) is 0 Å². The molecule has 0 spiro atoms. The summed E-state index contributed by atoms with van der Waals surface area (Å²) in [7, 11) is 1.52. The number of amidine groups is 1. The number of aliphatic imine (C=N–C) groups is 1. The molecule has 10 heteroatoms. The molecule has 2 aromatic carbocycles. The van der Waals surface area contributed by atoms with Crippen molar-refractivity contribution < 1.29 is 24.7 Å². The molecular formula is C18H13N3O6S. The van der Waals surface area contributed by atoms with E-state index in [0.717, 1.165) is 11.8 Å². The van der Waals surface area contributed by atoms with E-state index in [1.807, 2.05) is 0 Å². The molecule has 0 radical (unpaired) electrons. The van der Waals surface area contributed by atoms with Crippen LogP contribution < -0.4 is 0 Å². The standard InChI is InChI=1S/C18H13N3O6S/c1-20-16(23)15(8-10-3-2-4-12(7-10)21(26)27)28-18(20)19-11-5-6-13(17(24)25)14(22)9-11/h2-9,22H,1H3,(H,24,25)/b15-8-,19-18?. The maximum Gasteiger partial charge on any atom is 0.339 e. The summed E-state index contributed by atoms with van der Waals surface area (Å²) in [6, 6.07) is 9.72. The number of benzene rings is 2. The van der Waals surface area contributed by atoms with Crippen LogP contribution in [0.15, 0.2) is 52.4 Å². The van der Waals surface area contributed by atoms with Gasteiger partial charge in [-0.15, -0.1) is 0 Å². The van der Waals surface area contributed by atoms with Crippen LogP contribution in [-0.4, -0.2) is 44.1 Å². The maximum atomic E-state index is 12.4. The highest BCUT2D eigenvalue weighted by molar-refractivity contribution is 8.18. The molecule has 142 valence electrons. The molecule has 1 saturated heterocycles. The zero-order valence-corrected chi connectivity index (χ0v) is 15.2. The first-order valence-electron chi connectivity index (χ1n) is 7.83. The first kappa shape index (κ1) is 19.1. The van der Waals surface area contributed by atoms with Gasteiger partial charge in [-0.2, -0.15) is 0 Å². The second-order valence-corrected chi connectivity index (χ2v) is 6.74. The van der Waals surface area contributed by atoms with E-state index in [2.05, 4.69) is 4.99 Å². The van der Waals surface area contributed by atoms with Gasteiger partial charge in [0, 0.05) is 25.2 Å². The number of amides is 1. The van der Waals surface area contributed by atoms with Crippen molar-refractivity contribution in [3.05, 3.63) is 68.6 Å². The van der Waals surface area contributed by atoms with Gasteiger partial charge in [0.05, 0.1) is 15.5 Å². The average Bonchev–Trinajstić information content (AvgIpc) is 2.89. The lowest BCUT2D eigenvalue weighted by molar-refractivity contribution is -0.384. The molecule has 9 nitrogen and oxygen atoms in total. The highest BCUT2D eigenvalue weighted by atomic mass is 32.2. The molecule has 2 N–H and O–H groups in total. The molecule has 2 aromatic rings. The van der Waals surface area contributed by atoms with Gasteiger partial charge in [0.25, 0.3) is 11.6 Å². The number of non-ortho nitro benzene ring substituents is 1. The fourth-order valence-electron chi connectivity index (χ4n) is 2.41. The predicted octanol–water partition coefficient (Wildman–Crippen LogP) is 3.23. The number of aromatic carboxylic acids is 1. The van der Waals surface area contributed by atoms with Crippen LogP contribution in [0.1, 0.15) is 15.9 Å². The summed E-state index contributed by atoms with van der Waals surface area (Å²) in [6.45, 7) is 0. The lowest BCUT2D eigenvalue weighted by Crippen LogP contribution is -2.23. The summed E-state index contributed by atoms with van der Waals surface area (Å²) in [5.41, 5.74) is 0.448. The van der Waals surface area contributed by atoms with Crippen molar-refractivity contribution in [3.63, 3.8) is 0 Å². The van der Waals surface area contributed by atoms with Crippen LogP contribution in [0.25, 0.3) is 6.08 Å². The first-order valence-corrected chi connectivity index (χ1v) is 8.65. The minimum Gasteiger partial charge on any atom is -0.507 e. The minimum atomic E-state index is -1.26. The lowest BCUT2D eigenvalue weighted by atomic mass is 10.2. The third kappa shape index (κ3) is 3.86. The Hall–Kier alpha value is -3.66. The number of carboxylic acid groups (broad SMARTS) is 1. The van der Waals surface area contributed by atoms with E-state index in [1.165, 1.54) is 54.4 Å². The quantitative estimate of drug-likeness (QED) is 0.458. The Morgan fingerprint density at radius 3 is 2.68 bits per heavy atom. The molecule has 1 aliphatic heterocycles. The molecule has 0 aromatic heterocycles. The van der Waals surface area contributed by atoms with Gasteiger partial charge in [-0.25, -0.2) is 9.79 Å². The van der Waals surface area contributed by atoms with Crippen LogP contribution in [-0.2, 0) is 4.79 Å². The molecular weight excluding hydrogens is 386 g/mol. The average molecular weight is 399 g/mol. The van der Waals surface area contributed by atoms with Crippen molar-refractivity contribution in [3.8, 4) is 5.75 Å². The van der Waals surface area contributed by atoms with Crippen molar-refractivity contribution in [2.75, 3.05) is 7.05 Å². The molecule has 1 aliphatic rings. The monoisotopic (exact) mass is 399 g/mol. The van der Waals surface area contributed by atoms with Gasteiger partial charge in [0.15, 0.2) is 5.17 Å². The first-order chi connectivity index (χ1) is 13.3. The maximum absolute atomic E-state index is 12.4. The molecule has 0 aliphatic carbocycles. The number of carbonyl (C=O) groups excluding carboxylic acids is 1. The molecule has 28 heavy (non-hydrogen) atoms. The zero-order chi connectivity index (χ0) is 20.4. The fourth-order valence-corrected chi connectivity index (χ4v) is 3.40. The Balaban J connectivity index is 1.90. The number of carboxylic acids is 1. The number of hydrogen-bond donors (Lipinski definition) is 2. The largest absolute Gasteiger partial charge is 0.507 e. The van der Waals surface area contributed by atoms with Crippen LogP contribution >= 0.6 is 11.8 Å². The lowest BCUT2D eigenvalue weighted by Gasteiger charge is -2.07. The highest BCUT2D eigenvalue weighted by Crippen LogP contribution is 2.34. The normalized spacial score (nSPS) is 16.8. The Morgan fingerprint density at radius 2 is 2.04 bits per heavy atom. The molecule has 3 rings (SSSR count). The molecule has 0 atom stereocenters. The number of hydrogen-bond acceptors (Lipinski definition) is 7. The summed E-state index contributed by atoms with van der Waals surface area (Å²) in [4.78, 5) is 39.7. The number of nitro benzene ring substituents is 1. The zero-order valence-electron chi connectivity index (χ0n) is 14.4. The van der Waals surface area contributed by atoms with Gasteiger partial charge >= 0.3 is 5.97 Å². The van der Waals surface area contributed by atoms with Crippen LogP contribution in [0.3, 0.4) is 0 Å². The minimum absolute atomic E-state index is 0.0824. The summed E-state index contributed by atoms with van der Waals surface area (Å²) >= 11 is 1.07. The number of likely N-dealkylation sites (N-methyl/N-ethyl adjacent to an activating group) is 1. The SMILES string of the molecule is CN1C(=O)/C(=C/c2cccc([N+](=O)[O-])c2)SC1=Nc1ccc(C(=O)O)c(O)c1. The number of phenols is 1. The van der Waals surface area contributed by atoms with Crippen LogP contribution in [0.2, 0.25) is 0 Å². The Morgan fingerprint density at radius 1 is 1.29 bits per heavy atom. The number of carbonyl (C=O) groups is 2. The van der Waals surface area contributed by atoms with Gasteiger partial charge in [0.1, 0.15) is 11.3 Å². The molecule has 0 bridgehead atoms. The van der Waals surface area contributed by atoms with Crippen molar-refractivity contribution in [1.82, 2.24) is 4.90 Å². The van der Waals surface area contributed by atoms with Crippen LogP contribution in [0, 0.1) is 10.1 Å². The Kier molecular flexibility index (Phi) is 5.14.